The smallest absolute Gasteiger partial charge is 0 e. The molecule has 0 amide bonds. The number of hydrogen-bond donors (Lipinski definition) is 0. The molecule has 0 N–H and O–H groups in total. The van der Waals surface area contributed by atoms with Crippen molar-refractivity contribution in [1.82, 2.24) is 0 Å². The molecule has 0 aromatic carbocycles. The van der Waals surface area contributed by atoms with Crippen molar-refractivity contribution in [2.75, 3.05) is 0 Å². The van der Waals surface area contributed by atoms with Crippen LogP contribution in [0.3, 0.4) is 0 Å². The van der Waals surface area contributed by atoms with Gasteiger partial charge in [-0.2, -0.15) is 0 Å². The van der Waals surface area contributed by atoms with Crippen molar-refractivity contribution in [1.29, 1.82) is 0 Å². The van der Waals surface area contributed by atoms with Gasteiger partial charge in [-0.3, -0.25) is 0 Å². The molecule has 4 heavy (non-hydrogen) atoms. The van der Waals surface area contributed by atoms with E-state index in [0.717, 1.165) is 0 Å². The predicted octanol–water partition coefficient (Wildman–Crippen LogP) is -0.767. The standard InChI is InChI=1S/Cr.Na.Si.V. The van der Waals surface area contributed by atoms with Gasteiger partial charge in [-0.25, -0.2) is 0 Å². The minimum atomic E-state index is 0. The van der Waals surface area contributed by atoms with E-state index in [4.69, 9.17) is 0 Å². The van der Waals surface area contributed by atoms with Crippen LogP contribution in [-0.4, -0.2) is 40.5 Å². The van der Waals surface area contributed by atoms with Crippen molar-refractivity contribution < 1.29 is 35.9 Å². The summed E-state index contributed by atoms with van der Waals surface area (Å²) in [5, 5.41) is 0. The molecular weight excluding hydrogens is 154 g/mol. The van der Waals surface area contributed by atoms with Crippen LogP contribution in [0, 0.1) is 0 Å². The molecule has 0 aliphatic rings. The molecule has 0 unspecified atom stereocenters. The minimum absolute atomic E-state index is 0. The van der Waals surface area contributed by atoms with Crippen molar-refractivity contribution in [3.05, 3.63) is 0 Å². The zero-order valence-electron chi connectivity index (χ0n) is 2.36. The largest absolute Gasteiger partial charge is 0 e. The molecule has 16 valence electrons. The van der Waals surface area contributed by atoms with Crippen molar-refractivity contribution in [3.63, 3.8) is 0 Å². The summed E-state index contributed by atoms with van der Waals surface area (Å²) in [6, 6.07) is 0. The second kappa shape index (κ2) is 18.4. The first kappa shape index (κ1) is 33.1. The Labute approximate surface area is 75.4 Å². The first-order valence-corrected chi connectivity index (χ1v) is 0. The third-order valence-electron chi connectivity index (χ3n) is 0. The molecule has 0 aliphatic carbocycles. The van der Waals surface area contributed by atoms with Crippen LogP contribution in [0.4, 0.5) is 0 Å². The monoisotopic (exact) mass is 154 g/mol. The summed E-state index contributed by atoms with van der Waals surface area (Å²) in [4.78, 5) is 0. The van der Waals surface area contributed by atoms with E-state index < -0.39 is 0 Å². The van der Waals surface area contributed by atoms with E-state index in [2.05, 4.69) is 0 Å². The van der Waals surface area contributed by atoms with E-state index >= 15 is 0 Å². The average Bonchev–Trinajstić information content (AvgIpc) is 0. The first-order valence-electron chi connectivity index (χ1n) is 0. The van der Waals surface area contributed by atoms with Crippen LogP contribution in [-0.2, 0) is 35.9 Å². The summed E-state index contributed by atoms with van der Waals surface area (Å²) in [6.45, 7) is 0. The maximum absolute atomic E-state index is 0. The molecule has 0 nitrogen and oxygen atoms in total. The SMILES string of the molecule is [Cr].[Na].[Si].[V]. The molecule has 0 rings (SSSR count). The Kier molecular flexibility index (Phi) is 152. The Morgan fingerprint density at radius 2 is 1.00 bits per heavy atom. The van der Waals surface area contributed by atoms with Gasteiger partial charge in [0, 0.05) is 76.4 Å². The number of rotatable bonds is 0. The molecule has 0 saturated carbocycles. The molecule has 4 heteroatoms. The van der Waals surface area contributed by atoms with Gasteiger partial charge in [0.25, 0.3) is 0 Å². The average molecular weight is 154 g/mol. The van der Waals surface area contributed by atoms with E-state index in [1.807, 2.05) is 0 Å². The molecule has 0 bridgehead atoms. The fourth-order valence-corrected chi connectivity index (χ4v) is 0. The van der Waals surface area contributed by atoms with E-state index in [9.17, 15) is 0 Å². The van der Waals surface area contributed by atoms with Crippen molar-refractivity contribution in [2.24, 2.45) is 0 Å². The Morgan fingerprint density at radius 3 is 1.00 bits per heavy atom. The van der Waals surface area contributed by atoms with Gasteiger partial charge in [0.2, 0.25) is 0 Å². The fraction of sp³-hybridized carbons (Fsp3) is 0. The molecule has 0 aliphatic heterocycles. The summed E-state index contributed by atoms with van der Waals surface area (Å²) < 4.78 is 0. The Hall–Kier alpha value is 2.33. The maximum atomic E-state index is 0. The van der Waals surface area contributed by atoms with Crippen LogP contribution >= 0.6 is 0 Å². The summed E-state index contributed by atoms with van der Waals surface area (Å²) in [6.07, 6.45) is 0. The Morgan fingerprint density at radius 1 is 1.00 bits per heavy atom. The van der Waals surface area contributed by atoms with Gasteiger partial charge in [0.1, 0.15) is 0 Å². The molecule has 0 fully saturated rings. The first-order chi connectivity index (χ1) is 0. The van der Waals surface area contributed by atoms with E-state index in [-0.39, 0.29) is 76.4 Å². The number of hydrogen-bond acceptors (Lipinski definition) is 0. The predicted molar refractivity (Wildman–Crippen MR) is 11.5 cm³/mol. The quantitative estimate of drug-likeness (QED) is 0.402. The van der Waals surface area contributed by atoms with Crippen LogP contribution in [0.15, 0.2) is 0 Å². The van der Waals surface area contributed by atoms with Crippen molar-refractivity contribution in [3.8, 4) is 0 Å². The third-order valence-corrected chi connectivity index (χ3v) is 0. The van der Waals surface area contributed by atoms with E-state index in [1.54, 1.807) is 0 Å². The normalized spacial score (nSPS) is 0. The van der Waals surface area contributed by atoms with Gasteiger partial charge in [-0.05, 0) is 0 Å². The fourth-order valence-electron chi connectivity index (χ4n) is 0. The third kappa shape index (κ3) is 8.84. The molecule has 6 radical (unpaired) electrons. The van der Waals surface area contributed by atoms with Crippen LogP contribution in [0.1, 0.15) is 0 Å². The molecule has 0 heterocycles. The van der Waals surface area contributed by atoms with Gasteiger partial charge < -0.3 is 0 Å². The zero-order chi connectivity index (χ0) is 0. The van der Waals surface area contributed by atoms with Crippen LogP contribution in [0.2, 0.25) is 0 Å². The van der Waals surface area contributed by atoms with E-state index in [1.165, 1.54) is 0 Å². The molecule has 0 aromatic heterocycles. The molecule has 0 saturated heterocycles. The second-order valence-electron chi connectivity index (χ2n) is 0. The Bertz CT molecular complexity index is 8.00. The molecule has 0 spiro atoms. The minimum Gasteiger partial charge on any atom is 0 e. The summed E-state index contributed by atoms with van der Waals surface area (Å²) in [7, 11) is 0. The van der Waals surface area contributed by atoms with Crippen LogP contribution in [0.25, 0.3) is 0 Å². The van der Waals surface area contributed by atoms with Gasteiger partial charge in [0.15, 0.2) is 0 Å². The molecular formula is CrNaSiV. The van der Waals surface area contributed by atoms with Gasteiger partial charge in [-0.1, -0.05) is 0 Å². The zero-order valence-corrected chi connectivity index (χ0v) is 8.03. The molecule has 0 atom stereocenters. The maximum Gasteiger partial charge on any atom is 0 e. The Balaban J connectivity index is 0. The van der Waals surface area contributed by atoms with Crippen molar-refractivity contribution >= 4 is 40.5 Å². The summed E-state index contributed by atoms with van der Waals surface area (Å²) >= 11 is 0. The topological polar surface area (TPSA) is 0 Å². The van der Waals surface area contributed by atoms with Crippen LogP contribution in [0.5, 0.6) is 0 Å². The van der Waals surface area contributed by atoms with Crippen LogP contribution < -0.4 is 0 Å². The van der Waals surface area contributed by atoms with Gasteiger partial charge in [0.05, 0.1) is 0 Å². The second-order valence-corrected chi connectivity index (χ2v) is 0. The van der Waals surface area contributed by atoms with Gasteiger partial charge in [-0.15, -0.1) is 0 Å². The summed E-state index contributed by atoms with van der Waals surface area (Å²) in [5.74, 6) is 0. The van der Waals surface area contributed by atoms with Gasteiger partial charge >= 0.3 is 0 Å². The van der Waals surface area contributed by atoms with Crippen molar-refractivity contribution in [2.45, 2.75) is 0 Å². The summed E-state index contributed by atoms with van der Waals surface area (Å²) in [5.41, 5.74) is 0. The van der Waals surface area contributed by atoms with E-state index in [0.29, 0.717) is 0 Å². The molecule has 0 aromatic rings.